The predicted molar refractivity (Wildman–Crippen MR) is 81.9 cm³/mol. The fourth-order valence-electron chi connectivity index (χ4n) is 2.84. The average Bonchev–Trinajstić information content (AvgIpc) is 2.56. The van der Waals surface area contributed by atoms with Gasteiger partial charge in [0.2, 0.25) is 0 Å². The zero-order valence-corrected chi connectivity index (χ0v) is 12.7. The van der Waals surface area contributed by atoms with E-state index in [2.05, 4.69) is 17.5 Å². The minimum absolute atomic E-state index is 0.0583. The second-order valence-electron chi connectivity index (χ2n) is 5.48. The molecule has 2 rings (SSSR count). The van der Waals surface area contributed by atoms with Gasteiger partial charge in [-0.1, -0.05) is 12.1 Å². The number of nitriles is 1. The van der Waals surface area contributed by atoms with E-state index in [0.29, 0.717) is 24.7 Å². The first kappa shape index (κ1) is 16.0. The molecule has 1 fully saturated rings. The molecule has 114 valence electrons. The zero-order valence-electron chi connectivity index (χ0n) is 12.7. The zero-order chi connectivity index (χ0) is 14.9. The van der Waals surface area contributed by atoms with E-state index in [4.69, 9.17) is 14.7 Å². The molecule has 1 unspecified atom stereocenters. The summed E-state index contributed by atoms with van der Waals surface area (Å²) >= 11 is 0. The van der Waals surface area contributed by atoms with E-state index in [1.54, 1.807) is 7.11 Å². The molecule has 1 heterocycles. The van der Waals surface area contributed by atoms with E-state index in [0.717, 1.165) is 25.1 Å². The molecule has 0 saturated carbocycles. The molecule has 0 amide bonds. The summed E-state index contributed by atoms with van der Waals surface area (Å²) in [6.45, 7) is 3.47. The standard InChI is InChI=1S/C17H24N2O2/c1-20-9-4-10-21-17(16-7-3-8-19-13-16)15-6-2-5-14(11-15)12-18/h2,5-6,11,16-17,19H,3-4,7-10,13H2,1H3/t16-,17?/m1/s1. The van der Waals surface area contributed by atoms with Crippen LogP contribution in [0.5, 0.6) is 0 Å². The van der Waals surface area contributed by atoms with Gasteiger partial charge in [0.1, 0.15) is 0 Å². The summed E-state index contributed by atoms with van der Waals surface area (Å²) in [6.07, 6.45) is 3.30. The van der Waals surface area contributed by atoms with Crippen molar-refractivity contribution in [2.45, 2.75) is 25.4 Å². The van der Waals surface area contributed by atoms with E-state index in [1.165, 1.54) is 12.8 Å². The van der Waals surface area contributed by atoms with Gasteiger partial charge in [0.05, 0.1) is 17.7 Å². The van der Waals surface area contributed by atoms with Gasteiger partial charge in [0, 0.05) is 32.8 Å². The first-order valence-corrected chi connectivity index (χ1v) is 7.66. The molecule has 0 bridgehead atoms. The Hall–Kier alpha value is -1.41. The summed E-state index contributed by atoms with van der Waals surface area (Å²) in [5, 5.41) is 12.5. The Bertz CT molecular complexity index is 464. The van der Waals surface area contributed by atoms with E-state index in [9.17, 15) is 0 Å². The smallest absolute Gasteiger partial charge is 0.0991 e. The van der Waals surface area contributed by atoms with Crippen molar-refractivity contribution in [1.29, 1.82) is 5.26 Å². The molecule has 1 N–H and O–H groups in total. The molecule has 21 heavy (non-hydrogen) atoms. The quantitative estimate of drug-likeness (QED) is 0.784. The lowest BCUT2D eigenvalue weighted by Crippen LogP contribution is -2.34. The summed E-state index contributed by atoms with van der Waals surface area (Å²) < 4.78 is 11.2. The van der Waals surface area contributed by atoms with Crippen molar-refractivity contribution in [2.24, 2.45) is 5.92 Å². The molecule has 1 saturated heterocycles. The fraction of sp³-hybridized carbons (Fsp3) is 0.588. The van der Waals surface area contributed by atoms with Crippen LogP contribution in [0.25, 0.3) is 0 Å². The number of nitrogens with zero attached hydrogens (tertiary/aromatic N) is 1. The maximum Gasteiger partial charge on any atom is 0.0991 e. The van der Waals surface area contributed by atoms with Gasteiger partial charge < -0.3 is 14.8 Å². The minimum Gasteiger partial charge on any atom is -0.385 e. The lowest BCUT2D eigenvalue weighted by Gasteiger charge is -2.31. The Morgan fingerprint density at radius 2 is 2.33 bits per heavy atom. The highest BCUT2D eigenvalue weighted by atomic mass is 16.5. The van der Waals surface area contributed by atoms with Crippen molar-refractivity contribution < 1.29 is 9.47 Å². The number of piperidine rings is 1. The highest BCUT2D eigenvalue weighted by Gasteiger charge is 2.25. The predicted octanol–water partition coefficient (Wildman–Crippen LogP) is 2.65. The lowest BCUT2D eigenvalue weighted by molar-refractivity contribution is -0.00503. The summed E-state index contributed by atoms with van der Waals surface area (Å²) in [5.74, 6) is 0.468. The summed E-state index contributed by atoms with van der Waals surface area (Å²) in [4.78, 5) is 0. The van der Waals surface area contributed by atoms with Gasteiger partial charge in [-0.2, -0.15) is 5.26 Å². The maximum absolute atomic E-state index is 9.08. The third kappa shape index (κ3) is 4.82. The number of methoxy groups -OCH3 is 1. The molecule has 1 aromatic carbocycles. The Kier molecular flexibility index (Phi) is 6.68. The van der Waals surface area contributed by atoms with Crippen LogP contribution >= 0.6 is 0 Å². The van der Waals surface area contributed by atoms with Crippen molar-refractivity contribution >= 4 is 0 Å². The van der Waals surface area contributed by atoms with Gasteiger partial charge >= 0.3 is 0 Å². The molecule has 4 nitrogen and oxygen atoms in total. The molecular weight excluding hydrogens is 264 g/mol. The van der Waals surface area contributed by atoms with Gasteiger partial charge in [-0.15, -0.1) is 0 Å². The number of rotatable bonds is 7. The van der Waals surface area contributed by atoms with E-state index in [1.807, 2.05) is 18.2 Å². The first-order valence-electron chi connectivity index (χ1n) is 7.66. The van der Waals surface area contributed by atoms with Crippen LogP contribution in [0, 0.1) is 17.2 Å². The van der Waals surface area contributed by atoms with Gasteiger partial charge in [-0.3, -0.25) is 0 Å². The van der Waals surface area contributed by atoms with Crippen LogP contribution in [-0.2, 0) is 9.47 Å². The Balaban J connectivity index is 2.07. The van der Waals surface area contributed by atoms with Crippen LogP contribution in [-0.4, -0.2) is 33.4 Å². The average molecular weight is 288 g/mol. The highest BCUT2D eigenvalue weighted by molar-refractivity contribution is 5.34. The summed E-state index contributed by atoms with van der Waals surface area (Å²) in [5.41, 5.74) is 1.81. The second kappa shape index (κ2) is 8.78. The number of nitrogens with one attached hydrogen (secondary N) is 1. The largest absolute Gasteiger partial charge is 0.385 e. The van der Waals surface area contributed by atoms with Crippen LogP contribution in [0.2, 0.25) is 0 Å². The minimum atomic E-state index is 0.0583. The number of benzene rings is 1. The van der Waals surface area contributed by atoms with Crippen LogP contribution in [0.1, 0.15) is 36.5 Å². The van der Waals surface area contributed by atoms with E-state index >= 15 is 0 Å². The molecule has 0 spiro atoms. The molecule has 0 radical (unpaired) electrons. The third-order valence-electron chi connectivity index (χ3n) is 3.90. The van der Waals surface area contributed by atoms with Crippen LogP contribution in [0.4, 0.5) is 0 Å². The molecule has 0 aromatic heterocycles. The highest BCUT2D eigenvalue weighted by Crippen LogP contribution is 2.31. The van der Waals surface area contributed by atoms with E-state index in [-0.39, 0.29) is 6.10 Å². The Morgan fingerprint density at radius 3 is 3.05 bits per heavy atom. The lowest BCUT2D eigenvalue weighted by atomic mass is 9.88. The van der Waals surface area contributed by atoms with Crippen molar-refractivity contribution in [1.82, 2.24) is 5.32 Å². The molecular formula is C17H24N2O2. The summed E-state index contributed by atoms with van der Waals surface area (Å²) in [7, 11) is 1.71. The van der Waals surface area contributed by atoms with Crippen LogP contribution in [0.15, 0.2) is 24.3 Å². The van der Waals surface area contributed by atoms with Gasteiger partial charge in [0.15, 0.2) is 0 Å². The van der Waals surface area contributed by atoms with Gasteiger partial charge in [0.25, 0.3) is 0 Å². The maximum atomic E-state index is 9.08. The molecule has 0 aliphatic carbocycles. The van der Waals surface area contributed by atoms with Gasteiger partial charge in [-0.05, 0) is 43.5 Å². The first-order chi connectivity index (χ1) is 10.3. The Morgan fingerprint density at radius 1 is 1.43 bits per heavy atom. The normalized spacial score (nSPS) is 19.9. The van der Waals surface area contributed by atoms with E-state index < -0.39 is 0 Å². The SMILES string of the molecule is COCCCOC(c1cccc(C#N)c1)[C@@H]1CCCNC1. The molecule has 1 aliphatic heterocycles. The summed E-state index contributed by atoms with van der Waals surface area (Å²) in [6, 6.07) is 10.0. The van der Waals surface area contributed by atoms with Gasteiger partial charge in [-0.25, -0.2) is 0 Å². The third-order valence-corrected chi connectivity index (χ3v) is 3.90. The molecule has 1 aliphatic rings. The number of ether oxygens (including phenoxy) is 2. The van der Waals surface area contributed by atoms with Crippen molar-refractivity contribution in [3.63, 3.8) is 0 Å². The fourth-order valence-corrected chi connectivity index (χ4v) is 2.84. The molecule has 2 atom stereocenters. The van der Waals surface area contributed by atoms with Crippen LogP contribution in [0.3, 0.4) is 0 Å². The molecule has 4 heteroatoms. The molecule has 1 aromatic rings. The van der Waals surface area contributed by atoms with Crippen LogP contribution < -0.4 is 5.32 Å². The number of hydrogen-bond donors (Lipinski definition) is 1. The van der Waals surface area contributed by atoms with Crippen molar-refractivity contribution in [3.05, 3.63) is 35.4 Å². The Labute approximate surface area is 127 Å². The topological polar surface area (TPSA) is 54.3 Å². The van der Waals surface area contributed by atoms with Crippen molar-refractivity contribution in [2.75, 3.05) is 33.4 Å². The second-order valence-corrected chi connectivity index (χ2v) is 5.48. The monoisotopic (exact) mass is 288 g/mol. The van der Waals surface area contributed by atoms with Crippen molar-refractivity contribution in [3.8, 4) is 6.07 Å². The number of hydrogen-bond acceptors (Lipinski definition) is 4.